The van der Waals surface area contributed by atoms with E-state index < -0.39 is 0 Å². The van der Waals surface area contributed by atoms with Crippen LogP contribution in [0.4, 0.5) is 0 Å². The second kappa shape index (κ2) is 8.63. The normalized spacial score (nSPS) is 11.9. The van der Waals surface area contributed by atoms with Crippen LogP contribution in [0.1, 0.15) is 17.7 Å². The van der Waals surface area contributed by atoms with E-state index in [2.05, 4.69) is 79.0 Å². The topological polar surface area (TPSA) is 22.1 Å². The number of ether oxygens (including phenoxy) is 1. The van der Waals surface area contributed by atoms with Gasteiger partial charge in [-0.3, -0.25) is 0 Å². The van der Waals surface area contributed by atoms with Crippen molar-refractivity contribution in [3.05, 3.63) is 89.8 Å². The third kappa shape index (κ3) is 4.29. The largest absolute Gasteiger partial charge is 0.497 e. The van der Waals surface area contributed by atoms with Gasteiger partial charge in [-0.25, -0.2) is 4.98 Å². The number of aromatic nitrogens is 1. The molecule has 0 saturated heterocycles. The number of benzene rings is 2. The molecule has 1 unspecified atom stereocenters. The van der Waals surface area contributed by atoms with E-state index in [1.807, 2.05) is 12.1 Å². The molecule has 28 heavy (non-hydrogen) atoms. The van der Waals surface area contributed by atoms with Crippen LogP contribution in [-0.4, -0.2) is 12.1 Å². The maximum absolute atomic E-state index is 5.30. The molecular formula is C24H21NOS2. The van der Waals surface area contributed by atoms with E-state index in [0.29, 0.717) is 5.25 Å². The lowest BCUT2D eigenvalue weighted by molar-refractivity contribution is 0.415. The van der Waals surface area contributed by atoms with Gasteiger partial charge in [-0.1, -0.05) is 60.3 Å². The molecule has 0 aliphatic carbocycles. The first kappa shape index (κ1) is 18.8. The Kier molecular flexibility index (Phi) is 5.79. The Labute approximate surface area is 174 Å². The number of methoxy groups -OCH3 is 1. The van der Waals surface area contributed by atoms with Crippen molar-refractivity contribution in [1.82, 2.24) is 4.98 Å². The highest BCUT2D eigenvalue weighted by Crippen LogP contribution is 2.38. The molecule has 0 saturated carbocycles. The monoisotopic (exact) mass is 403 g/mol. The van der Waals surface area contributed by atoms with Crippen molar-refractivity contribution in [2.45, 2.75) is 17.2 Å². The highest BCUT2D eigenvalue weighted by molar-refractivity contribution is 7.99. The molecule has 0 bridgehead atoms. The van der Waals surface area contributed by atoms with Crippen molar-refractivity contribution in [2.75, 3.05) is 7.11 Å². The first-order chi connectivity index (χ1) is 13.7. The minimum absolute atomic E-state index is 0.330. The molecule has 0 aliphatic rings. The Balaban J connectivity index is 1.71. The molecule has 0 spiro atoms. The second-order valence-corrected chi connectivity index (χ2v) is 8.76. The quantitative estimate of drug-likeness (QED) is 0.314. The van der Waals surface area contributed by atoms with Crippen LogP contribution in [0.15, 0.2) is 89.3 Å². The van der Waals surface area contributed by atoms with Crippen LogP contribution in [0.3, 0.4) is 0 Å². The van der Waals surface area contributed by atoms with E-state index in [0.717, 1.165) is 22.0 Å². The number of thioether (sulfide) groups is 1. The van der Waals surface area contributed by atoms with Crippen LogP contribution in [-0.2, 0) is 0 Å². The maximum atomic E-state index is 5.30. The summed E-state index contributed by atoms with van der Waals surface area (Å²) in [7, 11) is 1.69. The van der Waals surface area contributed by atoms with E-state index >= 15 is 0 Å². The molecule has 2 heterocycles. The predicted octanol–water partition coefficient (Wildman–Crippen LogP) is 7.34. The summed E-state index contributed by atoms with van der Waals surface area (Å²) in [5.41, 5.74) is 4.66. The highest BCUT2D eigenvalue weighted by atomic mass is 32.2. The average Bonchev–Trinajstić information content (AvgIpc) is 3.29. The van der Waals surface area contributed by atoms with Gasteiger partial charge in [-0.05, 0) is 59.3 Å². The molecule has 4 rings (SSSR count). The molecule has 0 aliphatic heterocycles. The van der Waals surface area contributed by atoms with Gasteiger partial charge in [-0.15, -0.1) is 11.3 Å². The molecule has 4 aromatic rings. The fraction of sp³-hybridized carbons (Fsp3) is 0.125. The number of thiophene rings is 1. The van der Waals surface area contributed by atoms with Crippen molar-refractivity contribution in [3.63, 3.8) is 0 Å². The standard InChI is InChI=1S/C24H21NOS2/c1-17(18-7-4-3-5-8-18)28-24-16-20(19-10-12-21(26-2)13-11-19)15-22(25-24)23-9-6-14-27-23/h3-17H,1-2H3. The Bertz CT molecular complexity index is 1030. The van der Waals surface area contributed by atoms with E-state index in [1.165, 1.54) is 16.0 Å². The maximum Gasteiger partial charge on any atom is 0.118 e. The fourth-order valence-electron chi connectivity index (χ4n) is 3.04. The van der Waals surface area contributed by atoms with E-state index in [1.54, 1.807) is 30.2 Å². The molecule has 140 valence electrons. The Hall–Kier alpha value is -2.56. The number of pyridine rings is 1. The summed E-state index contributed by atoms with van der Waals surface area (Å²) in [6.07, 6.45) is 0. The summed E-state index contributed by atoms with van der Waals surface area (Å²) in [6, 6.07) is 27.3. The summed E-state index contributed by atoms with van der Waals surface area (Å²) >= 11 is 3.51. The van der Waals surface area contributed by atoms with Crippen molar-refractivity contribution < 1.29 is 4.74 Å². The molecule has 0 amide bonds. The lowest BCUT2D eigenvalue weighted by atomic mass is 10.1. The van der Waals surface area contributed by atoms with Gasteiger partial charge >= 0.3 is 0 Å². The summed E-state index contributed by atoms with van der Waals surface area (Å²) in [4.78, 5) is 6.13. The van der Waals surface area contributed by atoms with Gasteiger partial charge in [0.25, 0.3) is 0 Å². The zero-order valence-electron chi connectivity index (χ0n) is 15.8. The third-order valence-electron chi connectivity index (χ3n) is 4.57. The van der Waals surface area contributed by atoms with Crippen LogP contribution < -0.4 is 4.74 Å². The number of nitrogens with zero attached hydrogens (tertiary/aromatic N) is 1. The Morgan fingerprint density at radius 3 is 2.36 bits per heavy atom. The SMILES string of the molecule is COc1ccc(-c2cc(SC(C)c3ccccc3)nc(-c3cccs3)c2)cc1. The summed E-state index contributed by atoms with van der Waals surface area (Å²) in [6.45, 7) is 2.23. The highest BCUT2D eigenvalue weighted by Gasteiger charge is 2.12. The molecule has 2 aromatic carbocycles. The van der Waals surface area contributed by atoms with Gasteiger partial charge in [0.1, 0.15) is 5.75 Å². The molecule has 4 heteroatoms. The van der Waals surface area contributed by atoms with Gasteiger partial charge in [-0.2, -0.15) is 0 Å². The lowest BCUT2D eigenvalue weighted by Gasteiger charge is -2.13. The van der Waals surface area contributed by atoms with Crippen molar-refractivity contribution in [2.24, 2.45) is 0 Å². The zero-order valence-corrected chi connectivity index (χ0v) is 17.5. The minimum atomic E-state index is 0.330. The molecule has 2 aromatic heterocycles. The smallest absolute Gasteiger partial charge is 0.118 e. The van der Waals surface area contributed by atoms with Crippen LogP contribution >= 0.6 is 23.1 Å². The number of hydrogen-bond donors (Lipinski definition) is 0. The van der Waals surface area contributed by atoms with Crippen LogP contribution in [0.25, 0.3) is 21.7 Å². The van der Waals surface area contributed by atoms with Gasteiger partial charge in [0, 0.05) is 5.25 Å². The van der Waals surface area contributed by atoms with Crippen LogP contribution in [0.2, 0.25) is 0 Å². The molecule has 1 atom stereocenters. The molecular weight excluding hydrogens is 382 g/mol. The first-order valence-electron chi connectivity index (χ1n) is 9.15. The predicted molar refractivity (Wildman–Crippen MR) is 120 cm³/mol. The average molecular weight is 404 g/mol. The summed E-state index contributed by atoms with van der Waals surface area (Å²) in [5, 5.41) is 3.46. The van der Waals surface area contributed by atoms with Crippen molar-refractivity contribution in [1.29, 1.82) is 0 Å². The minimum Gasteiger partial charge on any atom is -0.497 e. The fourth-order valence-corrected chi connectivity index (χ4v) is 4.73. The Morgan fingerprint density at radius 1 is 0.893 bits per heavy atom. The van der Waals surface area contributed by atoms with Gasteiger partial charge in [0.15, 0.2) is 0 Å². The summed E-state index contributed by atoms with van der Waals surface area (Å²) in [5.74, 6) is 0.864. The molecule has 0 radical (unpaired) electrons. The van der Waals surface area contributed by atoms with Gasteiger partial charge in [0.2, 0.25) is 0 Å². The van der Waals surface area contributed by atoms with Crippen LogP contribution in [0.5, 0.6) is 5.75 Å². The first-order valence-corrected chi connectivity index (χ1v) is 10.9. The molecule has 2 nitrogen and oxygen atoms in total. The third-order valence-corrected chi connectivity index (χ3v) is 6.53. The number of rotatable bonds is 6. The van der Waals surface area contributed by atoms with Crippen LogP contribution in [0, 0.1) is 0 Å². The molecule has 0 fully saturated rings. The van der Waals surface area contributed by atoms with Gasteiger partial charge in [0.05, 0.1) is 22.7 Å². The van der Waals surface area contributed by atoms with E-state index in [4.69, 9.17) is 9.72 Å². The Morgan fingerprint density at radius 2 is 1.68 bits per heavy atom. The number of hydrogen-bond acceptors (Lipinski definition) is 4. The van der Waals surface area contributed by atoms with Crippen molar-refractivity contribution in [3.8, 4) is 27.4 Å². The van der Waals surface area contributed by atoms with Crippen molar-refractivity contribution >= 4 is 23.1 Å². The summed E-state index contributed by atoms with van der Waals surface area (Å²) < 4.78 is 5.30. The van der Waals surface area contributed by atoms with E-state index in [-0.39, 0.29) is 0 Å². The van der Waals surface area contributed by atoms with E-state index in [9.17, 15) is 0 Å². The zero-order chi connectivity index (χ0) is 19.3. The molecule has 0 N–H and O–H groups in total. The second-order valence-electron chi connectivity index (χ2n) is 6.46. The van der Waals surface area contributed by atoms with Gasteiger partial charge < -0.3 is 4.74 Å². The lowest BCUT2D eigenvalue weighted by Crippen LogP contribution is -1.92.